The summed E-state index contributed by atoms with van der Waals surface area (Å²) >= 11 is 1.67. The highest BCUT2D eigenvalue weighted by Gasteiger charge is 2.17. The highest BCUT2D eigenvalue weighted by molar-refractivity contribution is 7.09. The summed E-state index contributed by atoms with van der Waals surface area (Å²) in [6, 6.07) is 9.88. The van der Waals surface area contributed by atoms with Crippen LogP contribution in [0.4, 0.5) is 5.95 Å². The van der Waals surface area contributed by atoms with Gasteiger partial charge in [0.2, 0.25) is 5.95 Å². The number of anilines is 1. The third-order valence-corrected chi connectivity index (χ3v) is 4.22. The average molecular weight is 300 g/mol. The highest BCUT2D eigenvalue weighted by atomic mass is 32.1. The van der Waals surface area contributed by atoms with E-state index in [1.807, 2.05) is 49.0 Å². The van der Waals surface area contributed by atoms with Crippen molar-refractivity contribution in [3.05, 3.63) is 46.9 Å². The van der Waals surface area contributed by atoms with E-state index in [1.165, 1.54) is 0 Å². The van der Waals surface area contributed by atoms with Gasteiger partial charge in [0.05, 0.1) is 10.7 Å². The maximum atomic E-state index is 4.36. The number of likely N-dealkylation sites (N-methyl/N-ethyl adjacent to an activating group) is 1. The van der Waals surface area contributed by atoms with E-state index in [4.69, 9.17) is 0 Å². The summed E-state index contributed by atoms with van der Waals surface area (Å²) in [7, 11) is 2.00. The van der Waals surface area contributed by atoms with E-state index < -0.39 is 0 Å². The summed E-state index contributed by atoms with van der Waals surface area (Å²) in [6.07, 6.45) is 1.84. The molecule has 0 N–H and O–H groups in total. The molecule has 3 aromatic rings. The molecule has 0 bridgehead atoms. The molecule has 1 aromatic carbocycles. The van der Waals surface area contributed by atoms with E-state index in [0.29, 0.717) is 5.92 Å². The van der Waals surface area contributed by atoms with Crippen LogP contribution in [0.1, 0.15) is 17.8 Å². The van der Waals surface area contributed by atoms with Gasteiger partial charge in [0, 0.05) is 31.1 Å². The lowest BCUT2D eigenvalue weighted by molar-refractivity contribution is 0.700. The standard InChI is InChI=1S/C14H16N6S/c1-11(13-15-8-9-21-13)10-19(2)14-16-17-18-20(14)12-6-4-3-5-7-12/h3-9,11H,10H2,1-2H3. The molecule has 3 rings (SSSR count). The Morgan fingerprint density at radius 2 is 2.10 bits per heavy atom. The molecular formula is C14H16N6S. The number of hydrogen-bond acceptors (Lipinski definition) is 6. The predicted octanol–water partition coefficient (Wildman–Crippen LogP) is 2.36. The first-order chi connectivity index (χ1) is 10.3. The molecule has 7 heteroatoms. The zero-order chi connectivity index (χ0) is 14.7. The van der Waals surface area contributed by atoms with E-state index >= 15 is 0 Å². The lowest BCUT2D eigenvalue weighted by atomic mass is 10.2. The van der Waals surface area contributed by atoms with Gasteiger partial charge in [-0.2, -0.15) is 4.68 Å². The Hall–Kier alpha value is -2.28. The number of para-hydroxylation sites is 1. The first-order valence-corrected chi connectivity index (χ1v) is 7.58. The Morgan fingerprint density at radius 1 is 1.29 bits per heavy atom. The van der Waals surface area contributed by atoms with Gasteiger partial charge < -0.3 is 4.90 Å². The van der Waals surface area contributed by atoms with Crippen molar-refractivity contribution in [2.75, 3.05) is 18.5 Å². The second-order valence-corrected chi connectivity index (χ2v) is 5.80. The Labute approximate surface area is 127 Å². The van der Waals surface area contributed by atoms with Crippen LogP contribution in [0.25, 0.3) is 5.69 Å². The third-order valence-electron chi connectivity index (χ3n) is 3.22. The summed E-state index contributed by atoms with van der Waals surface area (Å²) < 4.78 is 1.74. The quantitative estimate of drug-likeness (QED) is 0.724. The summed E-state index contributed by atoms with van der Waals surface area (Å²) in [4.78, 5) is 6.42. The van der Waals surface area contributed by atoms with Gasteiger partial charge in [-0.1, -0.05) is 30.2 Å². The molecule has 0 aliphatic heterocycles. The molecule has 0 saturated carbocycles. The minimum absolute atomic E-state index is 0.330. The second kappa shape index (κ2) is 6.01. The number of thiazole rings is 1. The Balaban J connectivity index is 1.80. The van der Waals surface area contributed by atoms with Crippen molar-refractivity contribution in [2.24, 2.45) is 0 Å². The van der Waals surface area contributed by atoms with Crippen molar-refractivity contribution in [3.8, 4) is 5.69 Å². The number of benzene rings is 1. The Kier molecular flexibility index (Phi) is 3.92. The SMILES string of the molecule is CC(CN(C)c1nnnn1-c1ccccc1)c1nccs1. The van der Waals surface area contributed by atoms with Crippen LogP contribution in [0.5, 0.6) is 0 Å². The van der Waals surface area contributed by atoms with E-state index in [9.17, 15) is 0 Å². The van der Waals surface area contributed by atoms with Crippen LogP contribution >= 0.6 is 11.3 Å². The maximum Gasteiger partial charge on any atom is 0.250 e. The molecule has 2 heterocycles. The number of rotatable bonds is 5. The van der Waals surface area contributed by atoms with Crippen molar-refractivity contribution >= 4 is 17.3 Å². The monoisotopic (exact) mass is 300 g/mol. The zero-order valence-corrected chi connectivity index (χ0v) is 12.7. The van der Waals surface area contributed by atoms with Gasteiger partial charge in [-0.05, 0) is 22.6 Å². The van der Waals surface area contributed by atoms with E-state index in [-0.39, 0.29) is 0 Å². The Bertz CT molecular complexity index is 679. The van der Waals surface area contributed by atoms with Crippen LogP contribution in [0.2, 0.25) is 0 Å². The van der Waals surface area contributed by atoms with Crippen molar-refractivity contribution in [1.29, 1.82) is 0 Å². The lowest BCUT2D eigenvalue weighted by Crippen LogP contribution is -2.26. The fourth-order valence-electron chi connectivity index (χ4n) is 2.21. The second-order valence-electron chi connectivity index (χ2n) is 4.88. The van der Waals surface area contributed by atoms with E-state index in [2.05, 4.69) is 32.3 Å². The number of aromatic nitrogens is 5. The fourth-order valence-corrected chi connectivity index (χ4v) is 2.89. The van der Waals surface area contributed by atoms with Crippen molar-refractivity contribution in [1.82, 2.24) is 25.2 Å². The van der Waals surface area contributed by atoms with Crippen LogP contribution in [0, 0.1) is 0 Å². The topological polar surface area (TPSA) is 59.7 Å². The summed E-state index contributed by atoms with van der Waals surface area (Å²) in [5, 5.41) is 15.1. The minimum atomic E-state index is 0.330. The van der Waals surface area contributed by atoms with Gasteiger partial charge in [0.1, 0.15) is 0 Å². The van der Waals surface area contributed by atoms with Gasteiger partial charge in [-0.15, -0.1) is 11.3 Å². The highest BCUT2D eigenvalue weighted by Crippen LogP contribution is 2.21. The van der Waals surface area contributed by atoms with Gasteiger partial charge in [0.15, 0.2) is 0 Å². The molecule has 0 spiro atoms. The molecule has 108 valence electrons. The van der Waals surface area contributed by atoms with Crippen LogP contribution in [-0.2, 0) is 0 Å². The Morgan fingerprint density at radius 3 is 2.81 bits per heavy atom. The molecule has 2 aromatic heterocycles. The van der Waals surface area contributed by atoms with Crippen molar-refractivity contribution in [3.63, 3.8) is 0 Å². The molecule has 21 heavy (non-hydrogen) atoms. The van der Waals surface area contributed by atoms with Gasteiger partial charge in [-0.25, -0.2) is 4.98 Å². The number of hydrogen-bond donors (Lipinski definition) is 0. The largest absolute Gasteiger partial charge is 0.342 e. The summed E-state index contributed by atoms with van der Waals surface area (Å²) in [5.41, 5.74) is 0.950. The van der Waals surface area contributed by atoms with E-state index in [0.717, 1.165) is 23.2 Å². The van der Waals surface area contributed by atoms with Gasteiger partial charge in [0.25, 0.3) is 0 Å². The fraction of sp³-hybridized carbons (Fsp3) is 0.286. The molecule has 0 aliphatic rings. The molecule has 6 nitrogen and oxygen atoms in total. The van der Waals surface area contributed by atoms with Crippen molar-refractivity contribution in [2.45, 2.75) is 12.8 Å². The molecule has 0 saturated heterocycles. The van der Waals surface area contributed by atoms with Gasteiger partial charge >= 0.3 is 0 Å². The molecule has 0 aliphatic carbocycles. The summed E-state index contributed by atoms with van der Waals surface area (Å²) in [6.45, 7) is 2.96. The van der Waals surface area contributed by atoms with E-state index in [1.54, 1.807) is 16.0 Å². The molecule has 1 unspecified atom stereocenters. The zero-order valence-electron chi connectivity index (χ0n) is 11.9. The van der Waals surface area contributed by atoms with Crippen LogP contribution in [0.15, 0.2) is 41.9 Å². The van der Waals surface area contributed by atoms with Crippen LogP contribution in [0.3, 0.4) is 0 Å². The maximum absolute atomic E-state index is 4.36. The smallest absolute Gasteiger partial charge is 0.250 e. The first kappa shape index (κ1) is 13.7. The molecule has 1 atom stereocenters. The molecule has 0 fully saturated rings. The summed E-state index contributed by atoms with van der Waals surface area (Å²) in [5.74, 6) is 1.06. The van der Waals surface area contributed by atoms with Gasteiger partial charge in [-0.3, -0.25) is 0 Å². The molecule has 0 radical (unpaired) electrons. The average Bonchev–Trinajstić information content (AvgIpc) is 3.19. The third kappa shape index (κ3) is 2.92. The predicted molar refractivity (Wildman–Crippen MR) is 83.0 cm³/mol. The van der Waals surface area contributed by atoms with Crippen molar-refractivity contribution < 1.29 is 0 Å². The lowest BCUT2D eigenvalue weighted by Gasteiger charge is -2.20. The normalized spacial score (nSPS) is 12.3. The van der Waals surface area contributed by atoms with Crippen LogP contribution < -0.4 is 4.90 Å². The molecular weight excluding hydrogens is 284 g/mol. The number of tetrazole rings is 1. The van der Waals surface area contributed by atoms with Crippen LogP contribution in [-0.4, -0.2) is 38.8 Å². The molecule has 0 amide bonds. The minimum Gasteiger partial charge on any atom is -0.342 e. The number of nitrogens with zero attached hydrogens (tertiary/aromatic N) is 6. The first-order valence-electron chi connectivity index (χ1n) is 6.70.